The molecule has 1 aromatic rings. The Balaban J connectivity index is 2.11. The number of benzene rings is 1. The topological polar surface area (TPSA) is 78.5 Å². The van der Waals surface area contributed by atoms with Gasteiger partial charge >= 0.3 is 0 Å². The molecular formula is C22H32ClN3O3. The lowest BCUT2D eigenvalue weighted by atomic mass is 9.88. The van der Waals surface area contributed by atoms with Gasteiger partial charge in [-0.05, 0) is 36.8 Å². The van der Waals surface area contributed by atoms with Gasteiger partial charge in [-0.25, -0.2) is 0 Å². The highest BCUT2D eigenvalue weighted by atomic mass is 35.5. The van der Waals surface area contributed by atoms with Crippen molar-refractivity contribution in [3.05, 3.63) is 34.9 Å². The zero-order valence-electron chi connectivity index (χ0n) is 17.7. The van der Waals surface area contributed by atoms with E-state index in [2.05, 4.69) is 10.6 Å². The van der Waals surface area contributed by atoms with Crippen molar-refractivity contribution < 1.29 is 14.4 Å². The van der Waals surface area contributed by atoms with Crippen LogP contribution in [0.15, 0.2) is 24.3 Å². The highest BCUT2D eigenvalue weighted by molar-refractivity contribution is 6.33. The molecule has 2 N–H and O–H groups in total. The number of hydrogen-bond acceptors (Lipinski definition) is 3. The van der Waals surface area contributed by atoms with Gasteiger partial charge in [-0.2, -0.15) is 0 Å². The van der Waals surface area contributed by atoms with E-state index in [9.17, 15) is 14.4 Å². The van der Waals surface area contributed by atoms with Gasteiger partial charge in [0.25, 0.3) is 5.91 Å². The maximum atomic E-state index is 12.9. The molecule has 0 bridgehead atoms. The first kappa shape index (κ1) is 23.2. The highest BCUT2D eigenvalue weighted by Gasteiger charge is 2.34. The number of halogens is 1. The SMILES string of the molecule is CC(C)CNC(=O)[C@H](NC(=O)c1ccccc1Cl)C1CCN(C(=O)C(C)C)CC1. The summed E-state index contributed by atoms with van der Waals surface area (Å²) in [4.78, 5) is 39.8. The zero-order valence-corrected chi connectivity index (χ0v) is 18.5. The fourth-order valence-electron chi connectivity index (χ4n) is 3.49. The molecule has 0 aliphatic carbocycles. The summed E-state index contributed by atoms with van der Waals surface area (Å²) in [5.74, 6) is -0.191. The normalized spacial score (nSPS) is 16.0. The van der Waals surface area contributed by atoms with Crippen LogP contribution >= 0.6 is 11.6 Å². The van der Waals surface area contributed by atoms with E-state index in [4.69, 9.17) is 11.6 Å². The van der Waals surface area contributed by atoms with Crippen molar-refractivity contribution in [2.75, 3.05) is 19.6 Å². The van der Waals surface area contributed by atoms with Gasteiger partial charge < -0.3 is 15.5 Å². The maximum absolute atomic E-state index is 12.9. The van der Waals surface area contributed by atoms with E-state index >= 15 is 0 Å². The molecule has 2 rings (SSSR count). The van der Waals surface area contributed by atoms with Crippen LogP contribution in [0, 0.1) is 17.8 Å². The summed E-state index contributed by atoms with van der Waals surface area (Å²) in [6, 6.07) is 6.14. The lowest BCUT2D eigenvalue weighted by Crippen LogP contribution is -2.54. The van der Waals surface area contributed by atoms with Crippen LogP contribution in [-0.4, -0.2) is 48.3 Å². The lowest BCUT2D eigenvalue weighted by molar-refractivity contribution is -0.136. The Kier molecular flexibility index (Phi) is 8.50. The van der Waals surface area contributed by atoms with Gasteiger partial charge in [0.15, 0.2) is 0 Å². The van der Waals surface area contributed by atoms with Crippen LogP contribution in [0.3, 0.4) is 0 Å². The lowest BCUT2D eigenvalue weighted by Gasteiger charge is -2.36. The Morgan fingerprint density at radius 1 is 1.10 bits per heavy atom. The number of hydrogen-bond donors (Lipinski definition) is 2. The second kappa shape index (κ2) is 10.6. The molecule has 0 unspecified atom stereocenters. The molecule has 3 amide bonds. The molecule has 1 saturated heterocycles. The Labute approximate surface area is 178 Å². The third-order valence-corrected chi connectivity index (χ3v) is 5.52. The predicted octanol–water partition coefficient (Wildman–Crippen LogP) is 3.11. The standard InChI is InChI=1S/C22H32ClN3O3/c1-14(2)13-24-21(28)19(25-20(27)17-7-5-6-8-18(17)23)16-9-11-26(12-10-16)22(29)15(3)4/h5-8,14-16,19H,9-13H2,1-4H3,(H,24,28)(H,25,27)/t19-/m1/s1. The average molecular weight is 422 g/mol. The van der Waals surface area contributed by atoms with Crippen LogP contribution in [0.2, 0.25) is 5.02 Å². The van der Waals surface area contributed by atoms with E-state index in [-0.39, 0.29) is 29.6 Å². The quantitative estimate of drug-likeness (QED) is 0.710. The predicted molar refractivity (Wildman–Crippen MR) is 115 cm³/mol. The number of amides is 3. The number of rotatable bonds is 7. The summed E-state index contributed by atoms with van der Waals surface area (Å²) in [5, 5.41) is 6.18. The van der Waals surface area contributed by atoms with Crippen molar-refractivity contribution in [1.82, 2.24) is 15.5 Å². The molecule has 1 fully saturated rings. The van der Waals surface area contributed by atoms with Crippen molar-refractivity contribution in [2.24, 2.45) is 17.8 Å². The van der Waals surface area contributed by atoms with Crippen molar-refractivity contribution in [2.45, 2.75) is 46.6 Å². The van der Waals surface area contributed by atoms with Gasteiger partial charge in [0.05, 0.1) is 10.6 Å². The molecule has 1 heterocycles. The number of nitrogens with one attached hydrogen (secondary N) is 2. The molecule has 29 heavy (non-hydrogen) atoms. The Morgan fingerprint density at radius 3 is 2.28 bits per heavy atom. The zero-order chi connectivity index (χ0) is 21.6. The first-order valence-corrected chi connectivity index (χ1v) is 10.7. The first-order chi connectivity index (χ1) is 13.7. The summed E-state index contributed by atoms with van der Waals surface area (Å²) in [5.41, 5.74) is 0.350. The molecule has 6 nitrogen and oxygen atoms in total. The molecule has 0 spiro atoms. The largest absolute Gasteiger partial charge is 0.354 e. The minimum atomic E-state index is -0.658. The number of piperidine rings is 1. The van der Waals surface area contributed by atoms with Crippen LogP contribution in [0.1, 0.15) is 50.9 Å². The van der Waals surface area contributed by atoms with Gasteiger partial charge in [0.1, 0.15) is 6.04 Å². The van der Waals surface area contributed by atoms with Crippen LogP contribution in [0.25, 0.3) is 0 Å². The minimum absolute atomic E-state index is 0.0372. The first-order valence-electron chi connectivity index (χ1n) is 10.3. The average Bonchev–Trinajstić information content (AvgIpc) is 2.70. The van der Waals surface area contributed by atoms with Crippen molar-refractivity contribution in [3.63, 3.8) is 0 Å². The monoisotopic (exact) mass is 421 g/mol. The number of carbonyl (C=O) groups excluding carboxylic acids is 3. The summed E-state index contributed by atoms with van der Waals surface area (Å²) in [6.07, 6.45) is 1.34. The van der Waals surface area contributed by atoms with E-state index in [1.807, 2.05) is 32.6 Å². The van der Waals surface area contributed by atoms with Crippen LogP contribution in [0.4, 0.5) is 0 Å². The Bertz CT molecular complexity index is 728. The van der Waals surface area contributed by atoms with Gasteiger partial charge in [-0.3, -0.25) is 14.4 Å². The van der Waals surface area contributed by atoms with Crippen molar-refractivity contribution >= 4 is 29.3 Å². The van der Waals surface area contributed by atoms with Crippen LogP contribution < -0.4 is 10.6 Å². The molecule has 1 aliphatic heterocycles. The van der Waals surface area contributed by atoms with Crippen LogP contribution in [0.5, 0.6) is 0 Å². The molecule has 0 radical (unpaired) electrons. The molecule has 160 valence electrons. The smallest absolute Gasteiger partial charge is 0.253 e. The molecule has 0 aromatic heterocycles. The summed E-state index contributed by atoms with van der Waals surface area (Å²) in [7, 11) is 0. The third kappa shape index (κ3) is 6.46. The molecule has 0 saturated carbocycles. The second-order valence-corrected chi connectivity index (χ2v) is 8.79. The minimum Gasteiger partial charge on any atom is -0.354 e. The van der Waals surface area contributed by atoms with E-state index in [1.165, 1.54) is 0 Å². The maximum Gasteiger partial charge on any atom is 0.253 e. The Morgan fingerprint density at radius 2 is 1.72 bits per heavy atom. The van der Waals surface area contributed by atoms with Gasteiger partial charge in [-0.15, -0.1) is 0 Å². The summed E-state index contributed by atoms with van der Waals surface area (Å²) >= 11 is 6.15. The van der Waals surface area contributed by atoms with E-state index < -0.39 is 6.04 Å². The van der Waals surface area contributed by atoms with Gasteiger partial charge in [0, 0.05) is 25.6 Å². The Hall–Kier alpha value is -2.08. The van der Waals surface area contributed by atoms with Gasteiger partial charge in [0.2, 0.25) is 11.8 Å². The van der Waals surface area contributed by atoms with Crippen molar-refractivity contribution in [1.29, 1.82) is 0 Å². The van der Waals surface area contributed by atoms with Crippen LogP contribution in [-0.2, 0) is 9.59 Å². The molecular weight excluding hydrogens is 390 g/mol. The van der Waals surface area contributed by atoms with Crippen molar-refractivity contribution in [3.8, 4) is 0 Å². The number of likely N-dealkylation sites (tertiary alicyclic amines) is 1. The van der Waals surface area contributed by atoms with E-state index in [1.54, 1.807) is 24.3 Å². The van der Waals surface area contributed by atoms with E-state index in [0.717, 1.165) is 0 Å². The van der Waals surface area contributed by atoms with E-state index in [0.29, 0.717) is 49.0 Å². The highest BCUT2D eigenvalue weighted by Crippen LogP contribution is 2.23. The summed E-state index contributed by atoms with van der Waals surface area (Å²) in [6.45, 7) is 9.55. The molecule has 1 aromatic carbocycles. The van der Waals surface area contributed by atoms with Gasteiger partial charge in [-0.1, -0.05) is 51.4 Å². The summed E-state index contributed by atoms with van der Waals surface area (Å²) < 4.78 is 0. The third-order valence-electron chi connectivity index (χ3n) is 5.19. The number of carbonyl (C=O) groups is 3. The molecule has 1 atom stereocenters. The fourth-order valence-corrected chi connectivity index (χ4v) is 3.72. The molecule has 7 heteroatoms. The second-order valence-electron chi connectivity index (χ2n) is 8.39. The molecule has 1 aliphatic rings. The fraction of sp³-hybridized carbons (Fsp3) is 0.591. The number of nitrogens with zero attached hydrogens (tertiary/aromatic N) is 1.